The van der Waals surface area contributed by atoms with Gasteiger partial charge in [-0.05, 0) is 63.4 Å². The van der Waals surface area contributed by atoms with E-state index >= 15 is 0 Å². The smallest absolute Gasteiger partial charge is 0.250 e. The van der Waals surface area contributed by atoms with Gasteiger partial charge in [0.2, 0.25) is 5.91 Å². The highest BCUT2D eigenvalue weighted by Gasteiger charge is 2.57. The molecule has 0 radical (unpaired) electrons. The fraction of sp³-hybridized carbons (Fsp3) is 0.783. The summed E-state index contributed by atoms with van der Waals surface area (Å²) >= 11 is 1.54. The zero-order valence-electron chi connectivity index (χ0n) is 19.7. The molecule has 6 nitrogen and oxygen atoms in total. The van der Waals surface area contributed by atoms with E-state index in [-0.39, 0.29) is 36.4 Å². The van der Waals surface area contributed by atoms with Crippen LogP contribution in [0.5, 0.6) is 0 Å². The van der Waals surface area contributed by atoms with Gasteiger partial charge < -0.3 is 10.4 Å². The van der Waals surface area contributed by atoms with Crippen molar-refractivity contribution in [2.24, 2.45) is 21.7 Å². The molecule has 1 saturated carbocycles. The Bertz CT molecular complexity index is 831. The number of nitrogens with one attached hydrogen (secondary N) is 1. The van der Waals surface area contributed by atoms with Crippen LogP contribution in [0.3, 0.4) is 0 Å². The minimum Gasteiger partial charge on any atom is -0.395 e. The summed E-state index contributed by atoms with van der Waals surface area (Å²) in [5.41, 5.74) is -0.111. The molecule has 2 unspecified atom stereocenters. The molecule has 1 aliphatic rings. The molecule has 2 N–H and O–H groups in total. The van der Waals surface area contributed by atoms with Gasteiger partial charge in [0.1, 0.15) is 4.67 Å². The van der Waals surface area contributed by atoms with Crippen molar-refractivity contribution in [1.82, 2.24) is 9.27 Å². The van der Waals surface area contributed by atoms with Gasteiger partial charge in [0.05, 0.1) is 12.0 Å². The summed E-state index contributed by atoms with van der Waals surface area (Å²) < 4.78 is 2.98. The standard InChI is InChI=1S/C23H39N3O3S/c1-8-9-10-16-15-26(21(2,3)4)30-19(16)25-18(28)17-11-12-23(7,22(17,5)6)20(29)24-13-14-27/h15,17,27H,8-14H2,1-7H3,(H,24,29). The molecule has 0 bridgehead atoms. The molecule has 1 heterocycles. The number of amides is 2. The van der Waals surface area contributed by atoms with E-state index in [4.69, 9.17) is 5.11 Å². The van der Waals surface area contributed by atoms with Crippen molar-refractivity contribution in [3.63, 3.8) is 0 Å². The van der Waals surface area contributed by atoms with Gasteiger partial charge in [-0.1, -0.05) is 34.1 Å². The zero-order chi connectivity index (χ0) is 22.7. The van der Waals surface area contributed by atoms with Crippen LogP contribution in [0, 0.1) is 16.7 Å². The van der Waals surface area contributed by atoms with Gasteiger partial charge in [-0.3, -0.25) is 13.5 Å². The van der Waals surface area contributed by atoms with Crippen LogP contribution < -0.4 is 9.99 Å². The maximum Gasteiger partial charge on any atom is 0.250 e. The fourth-order valence-corrected chi connectivity index (χ4v) is 5.26. The molecule has 2 rings (SSSR count). The van der Waals surface area contributed by atoms with Crippen LogP contribution in [-0.4, -0.2) is 34.0 Å². The average Bonchev–Trinajstić information content (AvgIpc) is 3.16. The number of aliphatic hydroxyl groups excluding tert-OH is 1. The molecule has 170 valence electrons. The Labute approximate surface area is 184 Å². The summed E-state index contributed by atoms with van der Waals surface area (Å²) in [5.74, 6) is -0.520. The highest BCUT2D eigenvalue weighted by Crippen LogP contribution is 2.56. The number of carbonyl (C=O) groups excluding carboxylic acids is 2. The molecule has 0 spiro atoms. The molecule has 0 aromatic carbocycles. The van der Waals surface area contributed by atoms with E-state index in [2.05, 4.69) is 48.2 Å². The topological polar surface area (TPSA) is 83.7 Å². The van der Waals surface area contributed by atoms with E-state index in [1.54, 1.807) is 11.5 Å². The largest absolute Gasteiger partial charge is 0.395 e. The van der Waals surface area contributed by atoms with E-state index in [0.29, 0.717) is 12.8 Å². The second-order valence-corrected chi connectivity index (χ2v) is 11.2. The van der Waals surface area contributed by atoms with Gasteiger partial charge in [0.15, 0.2) is 0 Å². The maximum absolute atomic E-state index is 13.3. The summed E-state index contributed by atoms with van der Waals surface area (Å²) in [4.78, 5) is 30.7. The lowest BCUT2D eigenvalue weighted by Crippen LogP contribution is -2.48. The van der Waals surface area contributed by atoms with Gasteiger partial charge in [-0.15, -0.1) is 0 Å². The molecule has 1 aromatic rings. The van der Waals surface area contributed by atoms with Crippen molar-refractivity contribution in [2.75, 3.05) is 13.2 Å². The van der Waals surface area contributed by atoms with Crippen LogP contribution >= 0.6 is 11.5 Å². The van der Waals surface area contributed by atoms with Crippen molar-refractivity contribution in [3.05, 3.63) is 16.4 Å². The molecule has 1 aromatic heterocycles. The van der Waals surface area contributed by atoms with Crippen LogP contribution in [0.1, 0.15) is 79.7 Å². The summed E-state index contributed by atoms with van der Waals surface area (Å²) in [5, 5.41) is 11.8. The number of hydrogen-bond acceptors (Lipinski definition) is 4. The number of hydrogen-bond donors (Lipinski definition) is 2. The summed E-state index contributed by atoms with van der Waals surface area (Å²) in [7, 11) is 0. The predicted octanol–water partition coefficient (Wildman–Crippen LogP) is 3.63. The van der Waals surface area contributed by atoms with Crippen LogP contribution in [0.25, 0.3) is 0 Å². The summed E-state index contributed by atoms with van der Waals surface area (Å²) in [6, 6.07) is 0. The van der Waals surface area contributed by atoms with Crippen molar-refractivity contribution >= 4 is 23.3 Å². The lowest BCUT2D eigenvalue weighted by molar-refractivity contribution is -0.138. The minimum atomic E-state index is -0.663. The van der Waals surface area contributed by atoms with Gasteiger partial charge >= 0.3 is 0 Å². The van der Waals surface area contributed by atoms with E-state index in [0.717, 1.165) is 29.5 Å². The molecule has 30 heavy (non-hydrogen) atoms. The zero-order valence-corrected chi connectivity index (χ0v) is 20.5. The third-order valence-corrected chi connectivity index (χ3v) is 8.20. The third-order valence-electron chi connectivity index (χ3n) is 6.83. The van der Waals surface area contributed by atoms with Crippen molar-refractivity contribution in [1.29, 1.82) is 0 Å². The molecular weight excluding hydrogens is 398 g/mol. The number of nitrogens with zero attached hydrogens (tertiary/aromatic N) is 2. The SMILES string of the molecule is CCCCc1cn(C(C)(C)C)sc1=NC(=O)C1CCC(C)(C(=O)NCCO)C1(C)C. The van der Waals surface area contributed by atoms with Gasteiger partial charge in [-0.2, -0.15) is 0 Å². The molecular formula is C23H39N3O3S. The minimum absolute atomic E-state index is 0.0571. The molecule has 1 aliphatic carbocycles. The number of aryl methyl sites for hydroxylation is 1. The van der Waals surface area contributed by atoms with Crippen molar-refractivity contribution in [3.8, 4) is 0 Å². The first-order chi connectivity index (χ1) is 13.9. The molecule has 2 amide bonds. The van der Waals surface area contributed by atoms with Crippen molar-refractivity contribution < 1.29 is 14.7 Å². The summed E-state index contributed by atoms with van der Waals surface area (Å²) in [6.07, 6.45) is 6.49. The van der Waals surface area contributed by atoms with Crippen LogP contribution in [0.15, 0.2) is 11.2 Å². The van der Waals surface area contributed by atoms with E-state index in [9.17, 15) is 9.59 Å². The third kappa shape index (κ3) is 4.88. The second-order valence-electron chi connectivity index (χ2n) is 10.2. The van der Waals surface area contributed by atoms with Crippen LogP contribution in [-0.2, 0) is 21.5 Å². The molecule has 0 saturated heterocycles. The van der Waals surface area contributed by atoms with E-state index in [1.165, 1.54) is 0 Å². The normalized spacial score (nSPS) is 24.3. The predicted molar refractivity (Wildman–Crippen MR) is 121 cm³/mol. The highest BCUT2D eigenvalue weighted by atomic mass is 32.1. The Balaban J connectivity index is 2.36. The Morgan fingerprint density at radius 1 is 1.33 bits per heavy atom. The average molecular weight is 438 g/mol. The first-order valence-corrected chi connectivity index (χ1v) is 11.9. The number of aliphatic hydroxyl groups is 1. The summed E-state index contributed by atoms with van der Waals surface area (Å²) in [6.45, 7) is 14.7. The highest BCUT2D eigenvalue weighted by molar-refractivity contribution is 7.04. The lowest BCUT2D eigenvalue weighted by atomic mass is 9.65. The Morgan fingerprint density at radius 2 is 2.00 bits per heavy atom. The van der Waals surface area contributed by atoms with Gasteiger partial charge in [0, 0.05) is 29.8 Å². The molecule has 1 fully saturated rings. The van der Waals surface area contributed by atoms with E-state index in [1.807, 2.05) is 20.8 Å². The Morgan fingerprint density at radius 3 is 2.57 bits per heavy atom. The first kappa shape index (κ1) is 24.8. The fourth-order valence-electron chi connectivity index (χ4n) is 4.22. The van der Waals surface area contributed by atoms with Crippen molar-refractivity contribution in [2.45, 2.75) is 86.1 Å². The van der Waals surface area contributed by atoms with E-state index < -0.39 is 10.8 Å². The monoisotopic (exact) mass is 437 g/mol. The number of carbonyl (C=O) groups is 2. The van der Waals surface area contributed by atoms with Gasteiger partial charge in [0.25, 0.3) is 5.91 Å². The van der Waals surface area contributed by atoms with Crippen LogP contribution in [0.2, 0.25) is 0 Å². The first-order valence-electron chi connectivity index (χ1n) is 11.1. The number of rotatable bonds is 7. The Kier molecular flexibility index (Phi) is 7.73. The second kappa shape index (κ2) is 9.35. The quantitative estimate of drug-likeness (QED) is 0.683. The Hall–Kier alpha value is -1.47. The lowest BCUT2D eigenvalue weighted by Gasteiger charge is -2.39. The van der Waals surface area contributed by atoms with Gasteiger partial charge in [-0.25, -0.2) is 4.99 Å². The maximum atomic E-state index is 13.3. The van der Waals surface area contributed by atoms with Crippen LogP contribution in [0.4, 0.5) is 0 Å². The molecule has 0 aliphatic heterocycles. The molecule has 2 atom stereocenters. The number of aromatic nitrogens is 1. The number of unbranched alkanes of at least 4 members (excludes halogenated alkanes) is 1. The molecule has 7 heteroatoms.